The molecule has 2 nitrogen and oxygen atoms in total. The van der Waals surface area contributed by atoms with Gasteiger partial charge in [-0.1, -0.05) is 39.7 Å². The highest BCUT2D eigenvalue weighted by Gasteiger charge is 2.17. The predicted molar refractivity (Wildman–Crippen MR) is 77.9 cm³/mol. The van der Waals surface area contributed by atoms with Crippen LogP contribution in [0.25, 0.3) is 0 Å². The van der Waals surface area contributed by atoms with Gasteiger partial charge in [0, 0.05) is 15.6 Å². The lowest BCUT2D eigenvalue weighted by molar-refractivity contribution is 0.407. The maximum absolute atomic E-state index is 14.0. The van der Waals surface area contributed by atoms with E-state index in [-0.39, 0.29) is 5.82 Å². The van der Waals surface area contributed by atoms with Crippen molar-refractivity contribution in [1.82, 2.24) is 0 Å². The van der Waals surface area contributed by atoms with Gasteiger partial charge in [0.05, 0.1) is 13.2 Å². The summed E-state index contributed by atoms with van der Waals surface area (Å²) in [6.45, 7) is 1.97. The molecular weight excluding hydrogens is 309 g/mol. The third-order valence-corrected chi connectivity index (χ3v) is 3.51. The highest BCUT2D eigenvalue weighted by molar-refractivity contribution is 9.10. The van der Waals surface area contributed by atoms with Gasteiger partial charge in [-0.3, -0.25) is 0 Å². The van der Waals surface area contributed by atoms with E-state index in [0.29, 0.717) is 15.8 Å². The molecule has 0 aliphatic rings. The molecule has 1 unspecified atom stereocenters. The molecule has 0 aliphatic heterocycles. The Bertz CT molecular complexity index is 601. The van der Waals surface area contributed by atoms with Crippen molar-refractivity contribution in [2.75, 3.05) is 7.11 Å². The van der Waals surface area contributed by atoms with E-state index >= 15 is 0 Å². The monoisotopic (exact) mass is 323 g/mol. The molecule has 0 heterocycles. The van der Waals surface area contributed by atoms with Crippen molar-refractivity contribution in [2.45, 2.75) is 13.0 Å². The molecule has 2 aromatic rings. The van der Waals surface area contributed by atoms with Crippen LogP contribution in [0.3, 0.4) is 0 Å². The van der Waals surface area contributed by atoms with E-state index in [2.05, 4.69) is 15.9 Å². The first-order chi connectivity index (χ1) is 9.02. The topological polar surface area (TPSA) is 35.2 Å². The van der Waals surface area contributed by atoms with Crippen LogP contribution in [0.4, 0.5) is 4.39 Å². The molecule has 100 valence electrons. The third kappa shape index (κ3) is 2.96. The van der Waals surface area contributed by atoms with E-state index in [0.717, 1.165) is 11.1 Å². The second-order valence-electron chi connectivity index (χ2n) is 4.39. The summed E-state index contributed by atoms with van der Waals surface area (Å²) in [6, 6.07) is 10.0. The van der Waals surface area contributed by atoms with Crippen LogP contribution in [0.2, 0.25) is 0 Å². The Hall–Kier alpha value is -1.39. The molecule has 0 radical (unpaired) electrons. The largest absolute Gasteiger partial charge is 0.496 e. The SMILES string of the molecule is COc1ccc(C)cc1C(N)c1ccc(Br)cc1F. The van der Waals surface area contributed by atoms with Gasteiger partial charge in [0.2, 0.25) is 0 Å². The molecule has 0 aromatic heterocycles. The van der Waals surface area contributed by atoms with Crippen molar-refractivity contribution in [1.29, 1.82) is 0 Å². The molecule has 0 amide bonds. The molecule has 2 aromatic carbocycles. The molecule has 2 N–H and O–H groups in total. The van der Waals surface area contributed by atoms with E-state index in [9.17, 15) is 4.39 Å². The summed E-state index contributed by atoms with van der Waals surface area (Å²) in [5.41, 5.74) is 8.47. The Morgan fingerprint density at radius 2 is 1.89 bits per heavy atom. The van der Waals surface area contributed by atoms with Gasteiger partial charge in [0.1, 0.15) is 11.6 Å². The summed E-state index contributed by atoms with van der Waals surface area (Å²) in [5, 5.41) is 0. The number of ether oxygens (including phenoxy) is 1. The van der Waals surface area contributed by atoms with E-state index in [1.54, 1.807) is 19.2 Å². The van der Waals surface area contributed by atoms with E-state index < -0.39 is 6.04 Å². The van der Waals surface area contributed by atoms with Crippen LogP contribution in [-0.2, 0) is 0 Å². The Labute approximate surface area is 120 Å². The van der Waals surface area contributed by atoms with Gasteiger partial charge in [0.25, 0.3) is 0 Å². The van der Waals surface area contributed by atoms with Crippen molar-refractivity contribution in [3.05, 3.63) is 63.4 Å². The molecule has 1 atom stereocenters. The number of methoxy groups -OCH3 is 1. The molecule has 19 heavy (non-hydrogen) atoms. The minimum absolute atomic E-state index is 0.328. The summed E-state index contributed by atoms with van der Waals surface area (Å²) >= 11 is 3.24. The zero-order valence-corrected chi connectivity index (χ0v) is 12.4. The fraction of sp³-hybridized carbons (Fsp3) is 0.200. The number of rotatable bonds is 3. The second kappa shape index (κ2) is 5.72. The average Bonchev–Trinajstić information content (AvgIpc) is 2.38. The Kier molecular flexibility index (Phi) is 4.22. The van der Waals surface area contributed by atoms with Crippen LogP contribution in [0.1, 0.15) is 22.7 Å². The van der Waals surface area contributed by atoms with Crippen LogP contribution in [-0.4, -0.2) is 7.11 Å². The fourth-order valence-electron chi connectivity index (χ4n) is 2.02. The molecule has 4 heteroatoms. The number of benzene rings is 2. The third-order valence-electron chi connectivity index (χ3n) is 3.02. The van der Waals surface area contributed by atoms with Crippen LogP contribution in [0.5, 0.6) is 5.75 Å². The van der Waals surface area contributed by atoms with Gasteiger partial charge in [0.15, 0.2) is 0 Å². The Morgan fingerprint density at radius 3 is 2.53 bits per heavy atom. The minimum atomic E-state index is -0.553. The van der Waals surface area contributed by atoms with E-state index in [4.69, 9.17) is 10.5 Å². The summed E-state index contributed by atoms with van der Waals surface area (Å²) < 4.78 is 20.0. The number of halogens is 2. The Morgan fingerprint density at radius 1 is 1.16 bits per heavy atom. The molecule has 0 aliphatic carbocycles. The fourth-order valence-corrected chi connectivity index (χ4v) is 2.35. The number of nitrogens with two attached hydrogens (primary N) is 1. The summed E-state index contributed by atoms with van der Waals surface area (Å²) in [4.78, 5) is 0. The molecule has 0 spiro atoms. The highest BCUT2D eigenvalue weighted by Crippen LogP contribution is 2.31. The lowest BCUT2D eigenvalue weighted by Crippen LogP contribution is -2.15. The molecule has 0 saturated carbocycles. The lowest BCUT2D eigenvalue weighted by Gasteiger charge is -2.17. The van der Waals surface area contributed by atoms with Crippen LogP contribution < -0.4 is 10.5 Å². The first-order valence-corrected chi connectivity index (χ1v) is 6.67. The first-order valence-electron chi connectivity index (χ1n) is 5.88. The summed E-state index contributed by atoms with van der Waals surface area (Å²) in [7, 11) is 1.58. The highest BCUT2D eigenvalue weighted by atomic mass is 79.9. The van der Waals surface area contributed by atoms with Gasteiger partial charge in [-0.25, -0.2) is 4.39 Å². The second-order valence-corrected chi connectivity index (χ2v) is 5.30. The van der Waals surface area contributed by atoms with Crippen LogP contribution in [0, 0.1) is 12.7 Å². The maximum atomic E-state index is 14.0. The van der Waals surface area contributed by atoms with Gasteiger partial charge in [-0.05, 0) is 25.1 Å². The van der Waals surface area contributed by atoms with Crippen molar-refractivity contribution in [3.63, 3.8) is 0 Å². The predicted octanol–water partition coefficient (Wildman–Crippen LogP) is 3.95. The summed E-state index contributed by atoms with van der Waals surface area (Å²) in [6.07, 6.45) is 0. The van der Waals surface area contributed by atoms with Crippen LogP contribution >= 0.6 is 15.9 Å². The molecule has 0 saturated heterocycles. The van der Waals surface area contributed by atoms with Crippen LogP contribution in [0.15, 0.2) is 40.9 Å². The van der Waals surface area contributed by atoms with E-state index in [1.165, 1.54) is 6.07 Å². The normalized spacial score (nSPS) is 12.3. The van der Waals surface area contributed by atoms with Crippen molar-refractivity contribution in [2.24, 2.45) is 5.73 Å². The zero-order valence-electron chi connectivity index (χ0n) is 10.8. The number of hydrogen-bond donors (Lipinski definition) is 1. The molecule has 2 rings (SSSR count). The summed E-state index contributed by atoms with van der Waals surface area (Å²) in [5.74, 6) is 0.339. The quantitative estimate of drug-likeness (QED) is 0.928. The van der Waals surface area contributed by atoms with Crippen molar-refractivity contribution in [3.8, 4) is 5.75 Å². The average molecular weight is 324 g/mol. The smallest absolute Gasteiger partial charge is 0.129 e. The van der Waals surface area contributed by atoms with Crippen molar-refractivity contribution < 1.29 is 9.13 Å². The molecule has 0 fully saturated rings. The first kappa shape index (κ1) is 14.0. The zero-order chi connectivity index (χ0) is 14.0. The van der Waals surface area contributed by atoms with Gasteiger partial charge in [-0.2, -0.15) is 0 Å². The molecular formula is C15H15BrFNO. The maximum Gasteiger partial charge on any atom is 0.129 e. The van der Waals surface area contributed by atoms with Gasteiger partial charge >= 0.3 is 0 Å². The van der Waals surface area contributed by atoms with Crippen molar-refractivity contribution >= 4 is 15.9 Å². The standard InChI is InChI=1S/C15H15BrFNO/c1-9-3-6-14(19-2)12(7-9)15(18)11-5-4-10(16)8-13(11)17/h3-8,15H,18H2,1-2H3. The van der Waals surface area contributed by atoms with E-state index in [1.807, 2.05) is 25.1 Å². The van der Waals surface area contributed by atoms with Gasteiger partial charge in [-0.15, -0.1) is 0 Å². The van der Waals surface area contributed by atoms with Gasteiger partial charge < -0.3 is 10.5 Å². The minimum Gasteiger partial charge on any atom is -0.496 e. The Balaban J connectivity index is 2.49. The number of hydrogen-bond acceptors (Lipinski definition) is 2. The number of aryl methyl sites for hydroxylation is 1. The lowest BCUT2D eigenvalue weighted by atomic mass is 9.97. The molecule has 0 bridgehead atoms.